The average molecular weight is 334 g/mol. The summed E-state index contributed by atoms with van der Waals surface area (Å²) >= 11 is 11.9. The van der Waals surface area contributed by atoms with Crippen LogP contribution in [0.25, 0.3) is 0 Å². The molecule has 0 saturated heterocycles. The van der Waals surface area contributed by atoms with E-state index in [1.54, 1.807) is 0 Å². The number of rotatable bonds is 5. The number of nitrogens with one attached hydrogen (secondary N) is 1. The molecular formula is C14H17Cl2NO4. The minimum absolute atomic E-state index is 0.0384. The van der Waals surface area contributed by atoms with Crippen LogP contribution in [0, 0.1) is 0 Å². The normalized spacial score (nSPS) is 12.0. The molecule has 0 aliphatic heterocycles. The van der Waals surface area contributed by atoms with E-state index in [0.717, 1.165) is 0 Å². The number of amides is 1. The SMILES string of the molecule is COc1c(Cl)cc(C(=O)O[C@@H](C)C(=O)NC(C)C)cc1Cl. The van der Waals surface area contributed by atoms with Gasteiger partial charge in [-0.1, -0.05) is 23.2 Å². The van der Waals surface area contributed by atoms with E-state index in [1.165, 1.54) is 26.2 Å². The molecule has 1 aromatic rings. The minimum atomic E-state index is -0.917. The van der Waals surface area contributed by atoms with Crippen LogP contribution in [0.2, 0.25) is 10.0 Å². The van der Waals surface area contributed by atoms with Gasteiger partial charge in [0.2, 0.25) is 0 Å². The maximum atomic E-state index is 12.0. The fraction of sp³-hybridized carbons (Fsp3) is 0.429. The number of hydrogen-bond donors (Lipinski definition) is 1. The van der Waals surface area contributed by atoms with Crippen LogP contribution in [0.3, 0.4) is 0 Å². The summed E-state index contributed by atoms with van der Waals surface area (Å²) in [6, 6.07) is 2.71. The Balaban J connectivity index is 2.83. The van der Waals surface area contributed by atoms with Crippen LogP contribution in [-0.4, -0.2) is 31.1 Å². The highest BCUT2D eigenvalue weighted by atomic mass is 35.5. The highest BCUT2D eigenvalue weighted by Crippen LogP contribution is 2.34. The molecule has 0 aromatic heterocycles. The van der Waals surface area contributed by atoms with Gasteiger partial charge in [0.05, 0.1) is 22.7 Å². The summed E-state index contributed by atoms with van der Waals surface area (Å²) in [5.41, 5.74) is 0.148. The van der Waals surface area contributed by atoms with Crippen molar-refractivity contribution in [3.63, 3.8) is 0 Å². The summed E-state index contributed by atoms with van der Waals surface area (Å²) in [6.07, 6.45) is -0.917. The predicted octanol–water partition coefficient (Wildman–Crippen LogP) is 3.07. The topological polar surface area (TPSA) is 64.6 Å². The van der Waals surface area contributed by atoms with Gasteiger partial charge in [-0.05, 0) is 32.9 Å². The van der Waals surface area contributed by atoms with E-state index in [1.807, 2.05) is 13.8 Å². The van der Waals surface area contributed by atoms with Gasteiger partial charge in [-0.25, -0.2) is 4.79 Å². The van der Waals surface area contributed by atoms with Gasteiger partial charge in [-0.3, -0.25) is 4.79 Å². The fourth-order valence-corrected chi connectivity index (χ4v) is 2.20. The molecule has 5 nitrogen and oxygen atoms in total. The largest absolute Gasteiger partial charge is 0.494 e. The molecule has 1 aromatic carbocycles. The molecule has 0 heterocycles. The molecule has 1 rings (SSSR count). The zero-order valence-electron chi connectivity index (χ0n) is 12.2. The number of carbonyl (C=O) groups excluding carboxylic acids is 2. The van der Waals surface area contributed by atoms with Gasteiger partial charge in [-0.15, -0.1) is 0 Å². The summed E-state index contributed by atoms with van der Waals surface area (Å²) in [5.74, 6) is -0.780. The van der Waals surface area contributed by atoms with Crippen molar-refractivity contribution in [2.45, 2.75) is 32.9 Å². The van der Waals surface area contributed by atoms with E-state index in [0.29, 0.717) is 0 Å². The third kappa shape index (κ3) is 4.79. The zero-order chi connectivity index (χ0) is 16.2. The van der Waals surface area contributed by atoms with Crippen molar-refractivity contribution < 1.29 is 19.1 Å². The Labute approximate surface area is 133 Å². The van der Waals surface area contributed by atoms with E-state index < -0.39 is 12.1 Å². The van der Waals surface area contributed by atoms with Crippen molar-refractivity contribution in [3.05, 3.63) is 27.7 Å². The lowest BCUT2D eigenvalue weighted by Crippen LogP contribution is -2.39. The Morgan fingerprint density at radius 2 is 1.67 bits per heavy atom. The Bertz CT molecular complexity index is 523. The molecule has 1 amide bonds. The van der Waals surface area contributed by atoms with E-state index in [9.17, 15) is 9.59 Å². The smallest absolute Gasteiger partial charge is 0.339 e. The van der Waals surface area contributed by atoms with Gasteiger partial charge < -0.3 is 14.8 Å². The van der Waals surface area contributed by atoms with Crippen molar-refractivity contribution in [1.29, 1.82) is 0 Å². The maximum absolute atomic E-state index is 12.0. The number of methoxy groups -OCH3 is 1. The molecule has 1 N–H and O–H groups in total. The quantitative estimate of drug-likeness (QED) is 0.841. The average Bonchev–Trinajstić information content (AvgIpc) is 2.37. The Morgan fingerprint density at radius 3 is 2.10 bits per heavy atom. The van der Waals surface area contributed by atoms with E-state index in [-0.39, 0.29) is 33.3 Å². The Hall–Kier alpha value is -1.46. The van der Waals surface area contributed by atoms with Gasteiger partial charge in [0, 0.05) is 6.04 Å². The summed E-state index contributed by atoms with van der Waals surface area (Å²) in [6.45, 7) is 5.12. The predicted molar refractivity (Wildman–Crippen MR) is 81.2 cm³/mol. The Kier molecular flexibility index (Phi) is 6.30. The number of esters is 1. The van der Waals surface area contributed by atoms with Crippen LogP contribution in [0.5, 0.6) is 5.75 Å². The second kappa shape index (κ2) is 7.52. The first-order chi connectivity index (χ1) is 9.76. The van der Waals surface area contributed by atoms with Crippen LogP contribution < -0.4 is 10.1 Å². The summed E-state index contributed by atoms with van der Waals surface area (Å²) in [5, 5.41) is 3.03. The summed E-state index contributed by atoms with van der Waals surface area (Å²) in [7, 11) is 1.42. The first-order valence-electron chi connectivity index (χ1n) is 6.30. The van der Waals surface area contributed by atoms with E-state index in [4.69, 9.17) is 32.7 Å². The molecule has 0 aliphatic rings. The summed E-state index contributed by atoms with van der Waals surface area (Å²) < 4.78 is 10.1. The molecule has 7 heteroatoms. The van der Waals surface area contributed by atoms with Crippen molar-refractivity contribution in [1.82, 2.24) is 5.32 Å². The molecule has 0 bridgehead atoms. The summed E-state index contributed by atoms with van der Waals surface area (Å²) in [4.78, 5) is 23.7. The van der Waals surface area contributed by atoms with Crippen molar-refractivity contribution in [2.75, 3.05) is 7.11 Å². The second-order valence-corrected chi connectivity index (χ2v) is 5.50. The molecule has 0 spiro atoms. The van der Waals surface area contributed by atoms with Gasteiger partial charge in [0.1, 0.15) is 0 Å². The molecule has 21 heavy (non-hydrogen) atoms. The molecule has 0 fully saturated rings. The van der Waals surface area contributed by atoms with Gasteiger partial charge in [-0.2, -0.15) is 0 Å². The van der Waals surface area contributed by atoms with Crippen LogP contribution in [0.1, 0.15) is 31.1 Å². The lowest BCUT2D eigenvalue weighted by atomic mass is 10.2. The van der Waals surface area contributed by atoms with Crippen molar-refractivity contribution in [2.24, 2.45) is 0 Å². The minimum Gasteiger partial charge on any atom is -0.494 e. The third-order valence-corrected chi connectivity index (χ3v) is 3.08. The second-order valence-electron chi connectivity index (χ2n) is 4.68. The highest BCUT2D eigenvalue weighted by molar-refractivity contribution is 6.37. The first-order valence-corrected chi connectivity index (χ1v) is 7.06. The molecule has 0 saturated carbocycles. The van der Waals surface area contributed by atoms with Crippen molar-refractivity contribution in [3.8, 4) is 5.75 Å². The van der Waals surface area contributed by atoms with Crippen molar-refractivity contribution >= 4 is 35.1 Å². The van der Waals surface area contributed by atoms with E-state index >= 15 is 0 Å². The van der Waals surface area contributed by atoms with Crippen LogP contribution in [0.4, 0.5) is 0 Å². The van der Waals surface area contributed by atoms with Gasteiger partial charge in [0.15, 0.2) is 11.9 Å². The Morgan fingerprint density at radius 1 is 1.14 bits per heavy atom. The number of carbonyl (C=O) groups is 2. The lowest BCUT2D eigenvalue weighted by Gasteiger charge is -2.16. The highest BCUT2D eigenvalue weighted by Gasteiger charge is 2.21. The molecule has 1 atom stereocenters. The standard InChI is InChI=1S/C14H17Cl2NO4/c1-7(2)17-13(18)8(3)21-14(19)9-5-10(15)12(20-4)11(16)6-9/h5-8H,1-4H3,(H,17,18)/t8-/m0/s1. The molecule has 116 valence electrons. The molecule has 0 radical (unpaired) electrons. The van der Waals surface area contributed by atoms with Crippen LogP contribution in [0.15, 0.2) is 12.1 Å². The number of ether oxygens (including phenoxy) is 2. The maximum Gasteiger partial charge on any atom is 0.339 e. The third-order valence-electron chi connectivity index (χ3n) is 2.52. The molecule has 0 unspecified atom stereocenters. The van der Waals surface area contributed by atoms with Gasteiger partial charge in [0.25, 0.3) is 5.91 Å². The molecule has 0 aliphatic carbocycles. The lowest BCUT2D eigenvalue weighted by molar-refractivity contribution is -0.129. The molecular weight excluding hydrogens is 317 g/mol. The monoisotopic (exact) mass is 333 g/mol. The number of hydrogen-bond acceptors (Lipinski definition) is 4. The first kappa shape index (κ1) is 17.6. The van der Waals surface area contributed by atoms with Crippen LogP contribution in [-0.2, 0) is 9.53 Å². The van der Waals surface area contributed by atoms with Crippen LogP contribution >= 0.6 is 23.2 Å². The van der Waals surface area contributed by atoms with Gasteiger partial charge >= 0.3 is 5.97 Å². The zero-order valence-corrected chi connectivity index (χ0v) is 13.7. The number of benzene rings is 1. The van der Waals surface area contributed by atoms with E-state index in [2.05, 4.69) is 5.32 Å². The number of halogens is 2. The fourth-order valence-electron chi connectivity index (χ4n) is 1.56.